The van der Waals surface area contributed by atoms with Gasteiger partial charge in [-0.05, 0) is 68.7 Å². The summed E-state index contributed by atoms with van der Waals surface area (Å²) in [6, 6.07) is 12.1. The number of carboxylic acid groups (broad SMARTS) is 1. The third kappa shape index (κ3) is 4.64. The number of ether oxygens (including phenoxy) is 1. The third-order valence-electron chi connectivity index (χ3n) is 6.89. The van der Waals surface area contributed by atoms with Gasteiger partial charge in [-0.2, -0.15) is 0 Å². The predicted molar refractivity (Wildman–Crippen MR) is 136 cm³/mol. The van der Waals surface area contributed by atoms with Crippen LogP contribution in [0.25, 0.3) is 11.4 Å². The first kappa shape index (κ1) is 25.1. The SMILES string of the molecule is Cc1ccc(F)cc1S(=O)(=O)C1(c2cc(N3CCOC[C@@H]3C)nc(-c3ccc(NC(=O)O)cc3)n2)CC1. The fraction of sp³-hybridized carbons (Fsp3) is 0.346. The van der Waals surface area contributed by atoms with Gasteiger partial charge in [0.1, 0.15) is 16.4 Å². The van der Waals surface area contributed by atoms with Crippen molar-refractivity contribution < 1.29 is 27.4 Å². The zero-order valence-electron chi connectivity index (χ0n) is 20.4. The second-order valence-corrected chi connectivity index (χ2v) is 11.7. The van der Waals surface area contributed by atoms with E-state index in [1.807, 2.05) is 6.92 Å². The predicted octanol–water partition coefficient (Wildman–Crippen LogP) is 4.37. The van der Waals surface area contributed by atoms with E-state index in [1.54, 1.807) is 37.3 Å². The lowest BCUT2D eigenvalue weighted by molar-refractivity contribution is 0.0985. The zero-order chi connectivity index (χ0) is 26.4. The Kier molecular flexibility index (Phi) is 6.36. The van der Waals surface area contributed by atoms with Crippen LogP contribution < -0.4 is 10.2 Å². The molecule has 1 amide bonds. The van der Waals surface area contributed by atoms with Crippen LogP contribution in [-0.4, -0.2) is 55.4 Å². The van der Waals surface area contributed by atoms with E-state index in [4.69, 9.17) is 19.8 Å². The van der Waals surface area contributed by atoms with E-state index in [1.165, 1.54) is 12.1 Å². The second kappa shape index (κ2) is 9.38. The largest absolute Gasteiger partial charge is 0.465 e. The number of nitrogens with one attached hydrogen (secondary N) is 1. The number of hydrogen-bond acceptors (Lipinski definition) is 7. The summed E-state index contributed by atoms with van der Waals surface area (Å²) in [7, 11) is -3.96. The lowest BCUT2D eigenvalue weighted by atomic mass is 10.1. The molecule has 0 spiro atoms. The molecule has 11 heteroatoms. The number of hydrogen-bond donors (Lipinski definition) is 2. The molecule has 0 bridgehead atoms. The van der Waals surface area contributed by atoms with E-state index in [0.717, 1.165) is 6.07 Å². The van der Waals surface area contributed by atoms with Crippen molar-refractivity contribution in [2.75, 3.05) is 30.0 Å². The molecule has 2 heterocycles. The summed E-state index contributed by atoms with van der Waals surface area (Å²) in [6.07, 6.45) is -0.453. The monoisotopic (exact) mass is 526 g/mol. The van der Waals surface area contributed by atoms with Crippen LogP contribution >= 0.6 is 0 Å². The summed E-state index contributed by atoms with van der Waals surface area (Å²) in [5, 5.41) is 11.3. The van der Waals surface area contributed by atoms with Crippen LogP contribution in [0.15, 0.2) is 53.4 Å². The van der Waals surface area contributed by atoms with Gasteiger partial charge in [0, 0.05) is 23.9 Å². The van der Waals surface area contributed by atoms with Gasteiger partial charge in [0.25, 0.3) is 0 Å². The van der Waals surface area contributed by atoms with E-state index < -0.39 is 26.5 Å². The topological polar surface area (TPSA) is 122 Å². The molecule has 2 fully saturated rings. The maximum Gasteiger partial charge on any atom is 0.409 e. The van der Waals surface area contributed by atoms with Crippen LogP contribution in [-0.2, 0) is 19.3 Å². The highest BCUT2D eigenvalue weighted by Crippen LogP contribution is 2.55. The summed E-state index contributed by atoms with van der Waals surface area (Å²) < 4.78 is 46.2. The van der Waals surface area contributed by atoms with Crippen LogP contribution in [0, 0.1) is 12.7 Å². The van der Waals surface area contributed by atoms with Gasteiger partial charge in [-0.3, -0.25) is 5.32 Å². The van der Waals surface area contributed by atoms with Gasteiger partial charge < -0.3 is 14.7 Å². The first-order chi connectivity index (χ1) is 17.6. The molecule has 2 aromatic carbocycles. The number of rotatable bonds is 6. The zero-order valence-corrected chi connectivity index (χ0v) is 21.3. The molecule has 1 aliphatic heterocycles. The molecule has 194 valence electrons. The summed E-state index contributed by atoms with van der Waals surface area (Å²) >= 11 is 0. The standard InChI is InChI=1S/C26H27FN4O5S/c1-16-3-6-19(27)13-21(16)37(34,35)26(9-10-26)22-14-23(31-11-12-36-15-17(31)2)30-24(29-22)18-4-7-20(8-5-18)28-25(32)33/h3-8,13-14,17,28H,9-12,15H2,1-2H3,(H,32,33)/t17-/m0/s1. The van der Waals surface area contributed by atoms with E-state index >= 15 is 0 Å². The first-order valence-electron chi connectivity index (χ1n) is 12.0. The number of benzene rings is 2. The summed E-state index contributed by atoms with van der Waals surface area (Å²) in [6.45, 7) is 5.27. The molecule has 1 saturated carbocycles. The van der Waals surface area contributed by atoms with Crippen molar-refractivity contribution in [2.45, 2.75) is 42.4 Å². The number of anilines is 2. The number of morpholine rings is 1. The minimum atomic E-state index is -3.96. The lowest BCUT2D eigenvalue weighted by Gasteiger charge is -2.34. The van der Waals surface area contributed by atoms with E-state index in [0.29, 0.717) is 66.8 Å². The quantitative estimate of drug-likeness (QED) is 0.486. The van der Waals surface area contributed by atoms with Crippen molar-refractivity contribution in [1.29, 1.82) is 0 Å². The van der Waals surface area contributed by atoms with Gasteiger partial charge in [0.2, 0.25) is 0 Å². The molecule has 1 aliphatic carbocycles. The Morgan fingerprint density at radius 1 is 1.16 bits per heavy atom. The highest BCUT2D eigenvalue weighted by Gasteiger charge is 2.58. The lowest BCUT2D eigenvalue weighted by Crippen LogP contribution is -2.44. The fourth-order valence-corrected chi connectivity index (χ4v) is 6.89. The maximum absolute atomic E-state index is 14.1. The van der Waals surface area contributed by atoms with E-state index in [-0.39, 0.29) is 10.9 Å². The highest BCUT2D eigenvalue weighted by atomic mass is 32.2. The van der Waals surface area contributed by atoms with E-state index in [9.17, 15) is 17.6 Å². The maximum atomic E-state index is 14.1. The average molecular weight is 527 g/mol. The van der Waals surface area contributed by atoms with Gasteiger partial charge in [-0.15, -0.1) is 0 Å². The van der Waals surface area contributed by atoms with Gasteiger partial charge in [-0.25, -0.2) is 27.6 Å². The van der Waals surface area contributed by atoms with Crippen LogP contribution in [0.1, 0.15) is 31.0 Å². The highest BCUT2D eigenvalue weighted by molar-refractivity contribution is 7.92. The van der Waals surface area contributed by atoms with Crippen molar-refractivity contribution >= 4 is 27.4 Å². The Morgan fingerprint density at radius 2 is 1.89 bits per heavy atom. The summed E-state index contributed by atoms with van der Waals surface area (Å²) in [5.41, 5.74) is 1.83. The fourth-order valence-electron chi connectivity index (χ4n) is 4.69. The number of halogens is 1. The van der Waals surface area contributed by atoms with Gasteiger partial charge in [0.05, 0.1) is 29.8 Å². The van der Waals surface area contributed by atoms with Crippen molar-refractivity contribution in [1.82, 2.24) is 9.97 Å². The Hall–Kier alpha value is -3.57. The minimum absolute atomic E-state index is 0.0173. The van der Waals surface area contributed by atoms with Crippen LogP contribution in [0.5, 0.6) is 0 Å². The minimum Gasteiger partial charge on any atom is -0.465 e. The molecular formula is C26H27FN4O5S. The average Bonchev–Trinajstić information content (AvgIpc) is 3.68. The molecule has 0 radical (unpaired) electrons. The van der Waals surface area contributed by atoms with Gasteiger partial charge >= 0.3 is 6.09 Å². The molecule has 9 nitrogen and oxygen atoms in total. The molecule has 2 N–H and O–H groups in total. The Balaban J connectivity index is 1.63. The molecule has 37 heavy (non-hydrogen) atoms. The Bertz CT molecular complexity index is 1460. The molecule has 3 aromatic rings. The molecule has 1 saturated heterocycles. The Morgan fingerprint density at radius 3 is 2.54 bits per heavy atom. The van der Waals surface area contributed by atoms with Crippen molar-refractivity contribution in [2.24, 2.45) is 0 Å². The van der Waals surface area contributed by atoms with Crippen molar-refractivity contribution in [3.63, 3.8) is 0 Å². The number of amides is 1. The number of aromatic nitrogens is 2. The van der Waals surface area contributed by atoms with Crippen molar-refractivity contribution in [3.8, 4) is 11.4 Å². The Labute approximate surface area is 214 Å². The molecule has 0 unspecified atom stereocenters. The third-order valence-corrected chi connectivity index (χ3v) is 9.56. The molecular weight excluding hydrogens is 499 g/mol. The summed E-state index contributed by atoms with van der Waals surface area (Å²) in [5.74, 6) is 0.299. The number of nitrogens with zero attached hydrogens (tertiary/aromatic N) is 3. The molecule has 2 aliphatic rings. The first-order valence-corrected chi connectivity index (χ1v) is 13.4. The molecule has 1 atom stereocenters. The molecule has 5 rings (SSSR count). The second-order valence-electron chi connectivity index (χ2n) is 9.47. The summed E-state index contributed by atoms with van der Waals surface area (Å²) in [4.78, 5) is 22.5. The smallest absolute Gasteiger partial charge is 0.409 e. The van der Waals surface area contributed by atoms with Crippen LogP contribution in [0.3, 0.4) is 0 Å². The van der Waals surface area contributed by atoms with Crippen molar-refractivity contribution in [3.05, 3.63) is 65.6 Å². The van der Waals surface area contributed by atoms with Gasteiger partial charge in [0.15, 0.2) is 15.7 Å². The number of sulfone groups is 1. The van der Waals surface area contributed by atoms with Gasteiger partial charge in [-0.1, -0.05) is 6.07 Å². The molecule has 1 aromatic heterocycles. The van der Waals surface area contributed by atoms with Crippen LogP contribution in [0.2, 0.25) is 0 Å². The number of carbonyl (C=O) groups is 1. The van der Waals surface area contributed by atoms with Crippen LogP contribution in [0.4, 0.5) is 20.7 Å². The normalized spacial score (nSPS) is 18.9. The number of aryl methyl sites for hydroxylation is 1. The van der Waals surface area contributed by atoms with E-state index in [2.05, 4.69) is 10.2 Å².